The van der Waals surface area contributed by atoms with Crippen molar-refractivity contribution < 1.29 is 5.11 Å². The molecule has 3 rings (SSSR count). The van der Waals surface area contributed by atoms with Crippen molar-refractivity contribution in [3.8, 4) is 0 Å². The Labute approximate surface area is 83.8 Å². The normalized spacial score (nSPS) is 24.6. The molecule has 1 N–H and O–H groups in total. The van der Waals surface area contributed by atoms with Crippen molar-refractivity contribution >= 4 is 0 Å². The summed E-state index contributed by atoms with van der Waals surface area (Å²) in [5, 5.41) is 10.1. The molecule has 2 aliphatic rings. The molecule has 0 amide bonds. The molecule has 3 heteroatoms. The number of aliphatic hydroxyl groups excluding tert-OH is 1. The van der Waals surface area contributed by atoms with Gasteiger partial charge in [0.15, 0.2) is 0 Å². The summed E-state index contributed by atoms with van der Waals surface area (Å²) < 4.78 is 2.17. The highest BCUT2D eigenvalue weighted by atomic mass is 16.3. The number of hydrogen-bond donors (Lipinski definition) is 1. The maximum absolute atomic E-state index is 10.1. The van der Waals surface area contributed by atoms with E-state index >= 15 is 0 Å². The molecule has 1 aromatic heterocycles. The van der Waals surface area contributed by atoms with Crippen LogP contribution in [-0.2, 0) is 0 Å². The Balaban J connectivity index is 1.82. The summed E-state index contributed by atoms with van der Waals surface area (Å²) in [5.74, 6) is 0.490. The Bertz CT molecular complexity index is 326. The molecule has 2 fully saturated rings. The van der Waals surface area contributed by atoms with E-state index in [1.807, 2.05) is 12.5 Å². The minimum Gasteiger partial charge on any atom is -0.387 e. The Morgan fingerprint density at radius 1 is 1.36 bits per heavy atom. The second-order valence-electron chi connectivity index (χ2n) is 4.59. The average Bonchev–Trinajstić information content (AvgIpc) is 2.80. The van der Waals surface area contributed by atoms with Crippen molar-refractivity contribution in [3.05, 3.63) is 18.2 Å². The Hall–Kier alpha value is -0.830. The van der Waals surface area contributed by atoms with Gasteiger partial charge in [-0.3, -0.25) is 0 Å². The fourth-order valence-electron chi connectivity index (χ4n) is 2.20. The lowest BCUT2D eigenvalue weighted by Crippen LogP contribution is -2.22. The zero-order valence-corrected chi connectivity index (χ0v) is 8.26. The molecule has 0 aromatic carbocycles. The summed E-state index contributed by atoms with van der Waals surface area (Å²) in [6, 6.07) is 0.627. The highest BCUT2D eigenvalue weighted by Gasteiger charge is 2.32. The van der Waals surface area contributed by atoms with E-state index in [9.17, 15) is 5.11 Å². The summed E-state index contributed by atoms with van der Waals surface area (Å²) in [6.07, 6.45) is 9.57. The third-order valence-corrected chi connectivity index (χ3v) is 3.54. The van der Waals surface area contributed by atoms with Crippen LogP contribution in [0.5, 0.6) is 0 Å². The van der Waals surface area contributed by atoms with Crippen LogP contribution < -0.4 is 0 Å². The number of imidazole rings is 1. The van der Waals surface area contributed by atoms with Gasteiger partial charge < -0.3 is 9.67 Å². The largest absolute Gasteiger partial charge is 0.387 e. The van der Waals surface area contributed by atoms with E-state index in [4.69, 9.17) is 0 Å². The molecule has 1 unspecified atom stereocenters. The van der Waals surface area contributed by atoms with Crippen molar-refractivity contribution in [1.82, 2.24) is 9.55 Å². The number of hydrogen-bond acceptors (Lipinski definition) is 2. The first-order chi connectivity index (χ1) is 6.86. The fraction of sp³-hybridized carbons (Fsp3) is 0.727. The van der Waals surface area contributed by atoms with Crippen molar-refractivity contribution in [2.75, 3.05) is 0 Å². The third-order valence-electron chi connectivity index (χ3n) is 3.54. The first-order valence-corrected chi connectivity index (χ1v) is 5.56. The summed E-state index contributed by atoms with van der Waals surface area (Å²) in [5.41, 5.74) is 1.04. The van der Waals surface area contributed by atoms with Gasteiger partial charge in [0.1, 0.15) is 0 Å². The predicted molar refractivity (Wildman–Crippen MR) is 52.8 cm³/mol. The van der Waals surface area contributed by atoms with Crippen molar-refractivity contribution in [2.24, 2.45) is 5.92 Å². The minimum absolute atomic E-state index is 0.271. The second kappa shape index (κ2) is 3.09. The van der Waals surface area contributed by atoms with Crippen LogP contribution in [-0.4, -0.2) is 14.7 Å². The quantitative estimate of drug-likeness (QED) is 0.796. The summed E-state index contributed by atoms with van der Waals surface area (Å²) in [7, 11) is 0. The van der Waals surface area contributed by atoms with Gasteiger partial charge in [-0.2, -0.15) is 0 Å². The minimum atomic E-state index is -0.271. The van der Waals surface area contributed by atoms with E-state index in [-0.39, 0.29) is 6.10 Å². The lowest BCUT2D eigenvalue weighted by molar-refractivity contribution is 0.0556. The molecule has 0 radical (unpaired) electrons. The summed E-state index contributed by atoms with van der Waals surface area (Å²) >= 11 is 0. The van der Waals surface area contributed by atoms with Crippen LogP contribution in [0.25, 0.3) is 0 Å². The van der Waals surface area contributed by atoms with Gasteiger partial charge in [-0.1, -0.05) is 6.42 Å². The van der Waals surface area contributed by atoms with Crippen LogP contribution in [0.15, 0.2) is 12.5 Å². The molecule has 14 heavy (non-hydrogen) atoms. The van der Waals surface area contributed by atoms with E-state index in [0.717, 1.165) is 5.69 Å². The molecule has 3 nitrogen and oxygen atoms in total. The first-order valence-electron chi connectivity index (χ1n) is 5.56. The zero-order chi connectivity index (χ0) is 9.54. The molecule has 0 aliphatic heterocycles. The molecule has 0 spiro atoms. The van der Waals surface area contributed by atoms with E-state index in [1.54, 1.807) is 0 Å². The number of rotatable bonds is 3. The van der Waals surface area contributed by atoms with Gasteiger partial charge in [-0.05, 0) is 31.6 Å². The molecular weight excluding hydrogens is 176 g/mol. The fourth-order valence-corrected chi connectivity index (χ4v) is 2.20. The van der Waals surface area contributed by atoms with E-state index < -0.39 is 0 Å². The topological polar surface area (TPSA) is 38.1 Å². The standard InChI is InChI=1S/C11H16N2O/c14-11(8-2-1-3-8)10-6-12-7-13(10)9-4-5-9/h6-9,11,14H,1-5H2. The average molecular weight is 192 g/mol. The van der Waals surface area contributed by atoms with Crippen molar-refractivity contribution in [1.29, 1.82) is 0 Å². The molecule has 2 saturated carbocycles. The highest BCUT2D eigenvalue weighted by Crippen LogP contribution is 2.41. The summed E-state index contributed by atoms with van der Waals surface area (Å²) in [6.45, 7) is 0. The van der Waals surface area contributed by atoms with Gasteiger partial charge in [0.05, 0.1) is 24.3 Å². The summed E-state index contributed by atoms with van der Waals surface area (Å²) in [4.78, 5) is 4.15. The van der Waals surface area contributed by atoms with Gasteiger partial charge in [-0.25, -0.2) is 4.98 Å². The number of aliphatic hydroxyl groups is 1. The van der Waals surface area contributed by atoms with Crippen LogP contribution in [0.2, 0.25) is 0 Å². The third kappa shape index (κ3) is 1.27. The van der Waals surface area contributed by atoms with Crippen molar-refractivity contribution in [2.45, 2.75) is 44.2 Å². The van der Waals surface area contributed by atoms with Gasteiger partial charge in [-0.15, -0.1) is 0 Å². The van der Waals surface area contributed by atoms with Gasteiger partial charge >= 0.3 is 0 Å². The van der Waals surface area contributed by atoms with Crippen molar-refractivity contribution in [3.63, 3.8) is 0 Å². The van der Waals surface area contributed by atoms with Crippen LogP contribution in [0.4, 0.5) is 0 Å². The van der Waals surface area contributed by atoms with E-state index in [0.29, 0.717) is 12.0 Å². The highest BCUT2D eigenvalue weighted by molar-refractivity contribution is 5.09. The first kappa shape index (κ1) is 8.48. The second-order valence-corrected chi connectivity index (χ2v) is 4.59. The monoisotopic (exact) mass is 192 g/mol. The Morgan fingerprint density at radius 2 is 2.14 bits per heavy atom. The Kier molecular flexibility index (Phi) is 1.87. The predicted octanol–water partition coefficient (Wildman–Crippen LogP) is 2.05. The van der Waals surface area contributed by atoms with Gasteiger partial charge in [0, 0.05) is 6.04 Å². The molecule has 1 aromatic rings. The van der Waals surface area contributed by atoms with E-state index in [2.05, 4.69) is 9.55 Å². The van der Waals surface area contributed by atoms with E-state index in [1.165, 1.54) is 32.1 Å². The molecule has 76 valence electrons. The van der Waals surface area contributed by atoms with Crippen LogP contribution in [0.3, 0.4) is 0 Å². The SMILES string of the molecule is OC(c1cncn1C1CC1)C1CCC1. The van der Waals surface area contributed by atoms with Crippen LogP contribution in [0.1, 0.15) is 49.9 Å². The smallest absolute Gasteiger partial charge is 0.0983 e. The maximum atomic E-state index is 10.1. The molecular formula is C11H16N2O. The van der Waals surface area contributed by atoms with Gasteiger partial charge in [0.2, 0.25) is 0 Å². The zero-order valence-electron chi connectivity index (χ0n) is 8.26. The number of aromatic nitrogens is 2. The van der Waals surface area contributed by atoms with Gasteiger partial charge in [0.25, 0.3) is 0 Å². The Morgan fingerprint density at radius 3 is 2.71 bits per heavy atom. The molecule has 1 heterocycles. The lowest BCUT2D eigenvalue weighted by atomic mass is 9.80. The lowest BCUT2D eigenvalue weighted by Gasteiger charge is -2.30. The molecule has 1 atom stereocenters. The maximum Gasteiger partial charge on any atom is 0.0983 e. The molecule has 0 saturated heterocycles. The van der Waals surface area contributed by atoms with Crippen LogP contribution in [0, 0.1) is 5.92 Å². The van der Waals surface area contributed by atoms with Crippen LogP contribution >= 0.6 is 0 Å². The molecule has 2 aliphatic carbocycles. The number of nitrogens with zero attached hydrogens (tertiary/aromatic N) is 2. The molecule has 0 bridgehead atoms.